The van der Waals surface area contributed by atoms with Gasteiger partial charge in [0.25, 0.3) is 5.91 Å². The van der Waals surface area contributed by atoms with E-state index in [1.807, 2.05) is 0 Å². The molecule has 0 spiro atoms. The van der Waals surface area contributed by atoms with Crippen LogP contribution in [-0.2, 0) is 4.74 Å². The van der Waals surface area contributed by atoms with Gasteiger partial charge in [0.1, 0.15) is 11.3 Å². The molecule has 28 heavy (non-hydrogen) atoms. The number of nitrogens with two attached hydrogens (primary N) is 1. The Balaban J connectivity index is 1.51. The molecule has 4 rings (SSSR count). The predicted octanol–water partition coefficient (Wildman–Crippen LogP) is 4.12. The molecule has 2 fully saturated rings. The lowest BCUT2D eigenvalue weighted by Gasteiger charge is -2.30. The summed E-state index contributed by atoms with van der Waals surface area (Å²) in [6.45, 7) is 0.582. The molecular formula is C19H20ClN3O5. The Bertz CT molecular complexity index is 956. The lowest BCUT2D eigenvalue weighted by atomic mass is 9.85. The number of primary amides is 1. The maximum atomic E-state index is 12.5. The number of likely N-dealkylation sites (tertiary alicyclic amines) is 1. The highest BCUT2D eigenvalue weighted by Gasteiger charge is 2.39. The molecule has 1 aromatic carbocycles. The van der Waals surface area contributed by atoms with E-state index in [1.165, 1.54) is 12.5 Å². The van der Waals surface area contributed by atoms with Crippen LogP contribution in [0, 0.1) is 5.92 Å². The minimum Gasteiger partial charge on any atom is -0.449 e. The summed E-state index contributed by atoms with van der Waals surface area (Å²) in [5.74, 6) is -0.625. The number of nitrogens with zero attached hydrogens (tertiary/aromatic N) is 1. The molecule has 1 aromatic heterocycles. The van der Waals surface area contributed by atoms with Crippen LogP contribution >= 0.6 is 11.6 Å². The number of rotatable bonds is 2. The molecule has 8 nitrogen and oxygen atoms in total. The van der Waals surface area contributed by atoms with Gasteiger partial charge in [-0.15, -0.1) is 0 Å². The van der Waals surface area contributed by atoms with Gasteiger partial charge in [0, 0.05) is 23.0 Å². The molecular weight excluding hydrogens is 386 g/mol. The normalized spacial score (nSPS) is 21.4. The fourth-order valence-corrected chi connectivity index (χ4v) is 4.44. The van der Waals surface area contributed by atoms with Crippen molar-refractivity contribution in [2.45, 2.75) is 38.1 Å². The van der Waals surface area contributed by atoms with Crippen LogP contribution in [-0.4, -0.2) is 35.6 Å². The zero-order valence-corrected chi connectivity index (χ0v) is 15.8. The third-order valence-electron chi connectivity index (χ3n) is 5.53. The number of hydrogen-bond acceptors (Lipinski definition) is 5. The highest BCUT2D eigenvalue weighted by Crippen LogP contribution is 2.37. The molecule has 0 bridgehead atoms. The number of anilines is 1. The lowest BCUT2D eigenvalue weighted by Crippen LogP contribution is -2.40. The summed E-state index contributed by atoms with van der Waals surface area (Å²) >= 11 is 5.99. The van der Waals surface area contributed by atoms with Gasteiger partial charge in [0.15, 0.2) is 0 Å². The first-order valence-electron chi connectivity index (χ1n) is 9.25. The quantitative estimate of drug-likeness (QED) is 0.729. The molecule has 3 N–H and O–H groups in total. The molecule has 3 amide bonds. The Kier molecular flexibility index (Phi) is 4.89. The lowest BCUT2D eigenvalue weighted by molar-refractivity contribution is 0.0977. The Morgan fingerprint density at radius 3 is 2.79 bits per heavy atom. The Morgan fingerprint density at radius 1 is 1.21 bits per heavy atom. The van der Waals surface area contributed by atoms with Crippen molar-refractivity contribution in [2.75, 3.05) is 11.9 Å². The summed E-state index contributed by atoms with van der Waals surface area (Å²) in [7, 11) is 0. The average Bonchev–Trinajstić information content (AvgIpc) is 3.23. The summed E-state index contributed by atoms with van der Waals surface area (Å²) in [6, 6.07) is 4.79. The summed E-state index contributed by atoms with van der Waals surface area (Å²) in [4.78, 5) is 38.1. The summed E-state index contributed by atoms with van der Waals surface area (Å²) in [5, 5.41) is 3.18. The number of nitrogens with one attached hydrogen (secondary N) is 1. The van der Waals surface area contributed by atoms with Gasteiger partial charge in [-0.25, -0.2) is 9.59 Å². The van der Waals surface area contributed by atoms with Gasteiger partial charge in [0.2, 0.25) is 5.76 Å². The van der Waals surface area contributed by atoms with Gasteiger partial charge in [-0.2, -0.15) is 0 Å². The van der Waals surface area contributed by atoms with Gasteiger partial charge in [-0.1, -0.05) is 24.4 Å². The van der Waals surface area contributed by atoms with Gasteiger partial charge in [-0.3, -0.25) is 10.1 Å². The van der Waals surface area contributed by atoms with Crippen molar-refractivity contribution in [3.63, 3.8) is 0 Å². The molecule has 2 aromatic rings. The zero-order chi connectivity index (χ0) is 19.8. The van der Waals surface area contributed by atoms with Crippen LogP contribution in [0.3, 0.4) is 0 Å². The van der Waals surface area contributed by atoms with E-state index in [2.05, 4.69) is 5.32 Å². The first-order chi connectivity index (χ1) is 13.4. The van der Waals surface area contributed by atoms with Crippen LogP contribution in [0.2, 0.25) is 5.02 Å². The Labute approximate surface area is 165 Å². The Morgan fingerprint density at radius 2 is 2.00 bits per heavy atom. The van der Waals surface area contributed by atoms with Crippen LogP contribution in [0.1, 0.15) is 42.7 Å². The third kappa shape index (κ3) is 3.40. The number of amides is 3. The second kappa shape index (κ2) is 7.35. The highest BCUT2D eigenvalue weighted by atomic mass is 35.5. The van der Waals surface area contributed by atoms with Crippen LogP contribution in [0.5, 0.6) is 0 Å². The van der Waals surface area contributed by atoms with E-state index in [4.69, 9.17) is 26.5 Å². The summed E-state index contributed by atoms with van der Waals surface area (Å²) < 4.78 is 10.4. The molecule has 2 aliphatic rings. The van der Waals surface area contributed by atoms with Crippen LogP contribution in [0.4, 0.5) is 15.3 Å². The van der Waals surface area contributed by atoms with E-state index in [0.29, 0.717) is 28.5 Å². The van der Waals surface area contributed by atoms with E-state index in [0.717, 1.165) is 25.7 Å². The molecule has 2 unspecified atom stereocenters. The van der Waals surface area contributed by atoms with Crippen LogP contribution in [0.25, 0.3) is 11.0 Å². The monoisotopic (exact) mass is 405 g/mol. The van der Waals surface area contributed by atoms with Crippen molar-refractivity contribution < 1.29 is 23.5 Å². The molecule has 1 saturated carbocycles. The first-order valence-corrected chi connectivity index (χ1v) is 9.63. The van der Waals surface area contributed by atoms with Gasteiger partial charge >= 0.3 is 12.2 Å². The van der Waals surface area contributed by atoms with Gasteiger partial charge < -0.3 is 19.8 Å². The van der Waals surface area contributed by atoms with E-state index >= 15 is 0 Å². The minimum atomic E-state index is -1.01. The summed E-state index contributed by atoms with van der Waals surface area (Å²) in [5.41, 5.74) is 5.68. The molecule has 1 aliphatic carbocycles. The van der Waals surface area contributed by atoms with E-state index < -0.39 is 18.1 Å². The average molecular weight is 406 g/mol. The fourth-order valence-electron chi connectivity index (χ4n) is 4.27. The number of carbonyl (C=O) groups excluding carboxylic acids is 3. The SMILES string of the molecule is NC(=O)c1oc2ccc(Cl)cc2c1NC(=O)OC(=O)N1CCC2CCCCC21. The maximum absolute atomic E-state index is 12.5. The van der Waals surface area contributed by atoms with E-state index in [1.54, 1.807) is 17.0 Å². The van der Waals surface area contributed by atoms with Crippen molar-refractivity contribution >= 4 is 46.4 Å². The fraction of sp³-hybridized carbons (Fsp3) is 0.421. The van der Waals surface area contributed by atoms with Gasteiger partial charge in [-0.05, 0) is 43.4 Å². The predicted molar refractivity (Wildman–Crippen MR) is 102 cm³/mol. The minimum absolute atomic E-state index is 0.0276. The Hall–Kier alpha value is -2.74. The maximum Gasteiger partial charge on any atom is 0.420 e. The standard InChI is InChI=1S/C19H20ClN3O5/c20-11-5-6-14-12(9-11)15(16(27-14)17(21)24)22-18(25)28-19(26)23-8-7-10-3-1-2-4-13(10)23/h5-6,9-10,13H,1-4,7-8H2,(H2,21,24)(H,22,25). The number of carbonyl (C=O) groups is 3. The van der Waals surface area contributed by atoms with E-state index in [9.17, 15) is 14.4 Å². The molecule has 9 heteroatoms. The topological polar surface area (TPSA) is 115 Å². The van der Waals surface area contributed by atoms with Crippen molar-refractivity contribution in [3.05, 3.63) is 29.0 Å². The number of furan rings is 1. The number of halogens is 1. The molecule has 1 saturated heterocycles. The zero-order valence-electron chi connectivity index (χ0n) is 15.1. The van der Waals surface area contributed by atoms with Crippen LogP contribution in [0.15, 0.2) is 22.6 Å². The van der Waals surface area contributed by atoms with Crippen LogP contribution < -0.4 is 11.1 Å². The molecule has 0 radical (unpaired) electrons. The van der Waals surface area contributed by atoms with Crippen molar-refractivity contribution in [3.8, 4) is 0 Å². The molecule has 1 aliphatic heterocycles. The highest BCUT2D eigenvalue weighted by molar-refractivity contribution is 6.31. The molecule has 148 valence electrons. The van der Waals surface area contributed by atoms with Crippen molar-refractivity contribution in [2.24, 2.45) is 11.7 Å². The number of benzene rings is 1. The molecule has 2 heterocycles. The van der Waals surface area contributed by atoms with Crippen molar-refractivity contribution in [1.82, 2.24) is 4.90 Å². The number of ether oxygens (including phenoxy) is 1. The van der Waals surface area contributed by atoms with Crippen molar-refractivity contribution in [1.29, 1.82) is 0 Å². The second-order valence-electron chi connectivity index (χ2n) is 7.19. The van der Waals surface area contributed by atoms with E-state index in [-0.39, 0.29) is 17.5 Å². The smallest absolute Gasteiger partial charge is 0.420 e. The summed E-state index contributed by atoms with van der Waals surface area (Å²) in [6.07, 6.45) is 3.52. The second-order valence-corrected chi connectivity index (χ2v) is 7.62. The number of hydrogen-bond donors (Lipinski definition) is 2. The first kappa shape index (κ1) is 18.6. The van der Waals surface area contributed by atoms with Gasteiger partial charge in [0.05, 0.1) is 0 Å². The third-order valence-corrected chi connectivity index (χ3v) is 5.76. The largest absolute Gasteiger partial charge is 0.449 e. The number of fused-ring (bicyclic) bond motifs is 2. The molecule has 2 atom stereocenters.